The summed E-state index contributed by atoms with van der Waals surface area (Å²) in [6.07, 6.45) is 12.5. The van der Waals surface area contributed by atoms with Crippen molar-refractivity contribution in [1.29, 1.82) is 0 Å². The van der Waals surface area contributed by atoms with E-state index in [4.69, 9.17) is 0 Å². The van der Waals surface area contributed by atoms with Gasteiger partial charge >= 0.3 is 0 Å². The van der Waals surface area contributed by atoms with Crippen molar-refractivity contribution in [3.8, 4) is 0 Å². The van der Waals surface area contributed by atoms with E-state index in [2.05, 4.69) is 39.9 Å². The van der Waals surface area contributed by atoms with Crippen LogP contribution in [0.4, 0.5) is 0 Å². The zero-order valence-electron chi connectivity index (χ0n) is 9.46. The Morgan fingerprint density at radius 1 is 1.31 bits per heavy atom. The molecule has 0 fully saturated rings. The van der Waals surface area contributed by atoms with E-state index in [0.29, 0.717) is 0 Å². The Morgan fingerprint density at radius 2 is 2.19 bits per heavy atom. The number of rotatable bonds is 5. The standard InChI is InChI=1S/C11H17N4.ClH/c1-2-3-6-13-8-9-14(10-13)11-15-7-4-5-12-15;/h4-5,7-10H,2-3,6,11H2,1H3;1H/q+1;/p-1. The molecule has 0 aromatic carbocycles. The van der Waals surface area contributed by atoms with Crippen LogP contribution >= 0.6 is 0 Å². The molecule has 0 aliphatic carbocycles. The second-order valence-electron chi connectivity index (χ2n) is 3.71. The fourth-order valence-corrected chi connectivity index (χ4v) is 1.55. The van der Waals surface area contributed by atoms with Crippen LogP contribution in [0, 0.1) is 0 Å². The van der Waals surface area contributed by atoms with Crippen molar-refractivity contribution in [2.75, 3.05) is 0 Å². The first-order valence-electron chi connectivity index (χ1n) is 5.40. The molecule has 2 aromatic rings. The normalized spacial score (nSPS) is 10.1. The van der Waals surface area contributed by atoms with Crippen molar-refractivity contribution in [2.45, 2.75) is 33.0 Å². The molecule has 0 N–H and O–H groups in total. The summed E-state index contributed by atoms with van der Waals surface area (Å²) in [5, 5.41) is 4.17. The minimum Gasteiger partial charge on any atom is -1.00 e. The fourth-order valence-electron chi connectivity index (χ4n) is 1.55. The van der Waals surface area contributed by atoms with E-state index < -0.39 is 0 Å². The van der Waals surface area contributed by atoms with Crippen LogP contribution in [0.5, 0.6) is 0 Å². The molecule has 0 unspecified atom stereocenters. The van der Waals surface area contributed by atoms with Gasteiger partial charge in [0.05, 0.1) is 6.54 Å². The van der Waals surface area contributed by atoms with Crippen LogP contribution in [0.2, 0.25) is 0 Å². The topological polar surface area (TPSA) is 26.6 Å². The summed E-state index contributed by atoms with van der Waals surface area (Å²) in [6, 6.07) is 1.94. The Bertz CT molecular complexity index is 394. The predicted octanol–water partition coefficient (Wildman–Crippen LogP) is -1.72. The van der Waals surface area contributed by atoms with Gasteiger partial charge in [-0.2, -0.15) is 5.10 Å². The second kappa shape index (κ2) is 6.33. The molecule has 0 bridgehead atoms. The van der Waals surface area contributed by atoms with E-state index in [1.165, 1.54) is 12.8 Å². The molecule has 0 radical (unpaired) electrons. The number of imidazole rings is 1. The molecule has 2 rings (SSSR count). The summed E-state index contributed by atoms with van der Waals surface area (Å²) in [5.74, 6) is 0. The Kier molecular flexibility index (Phi) is 5.05. The van der Waals surface area contributed by atoms with E-state index in [9.17, 15) is 0 Å². The molecular formula is C11H17ClN4. The van der Waals surface area contributed by atoms with Gasteiger partial charge in [-0.05, 0) is 12.5 Å². The van der Waals surface area contributed by atoms with Crippen LogP contribution in [0.3, 0.4) is 0 Å². The molecule has 16 heavy (non-hydrogen) atoms. The maximum absolute atomic E-state index is 4.17. The molecule has 88 valence electrons. The third-order valence-electron chi connectivity index (χ3n) is 2.38. The third kappa shape index (κ3) is 3.38. The van der Waals surface area contributed by atoms with Gasteiger partial charge in [-0.3, -0.25) is 0 Å². The van der Waals surface area contributed by atoms with Crippen molar-refractivity contribution >= 4 is 0 Å². The summed E-state index contributed by atoms with van der Waals surface area (Å²) in [5.41, 5.74) is 0. The van der Waals surface area contributed by atoms with Crippen molar-refractivity contribution in [3.63, 3.8) is 0 Å². The van der Waals surface area contributed by atoms with Gasteiger partial charge in [0.25, 0.3) is 0 Å². The lowest BCUT2D eigenvalue weighted by atomic mass is 10.3. The average Bonchev–Trinajstić information content (AvgIpc) is 2.87. The lowest BCUT2D eigenvalue weighted by Gasteiger charge is -1.96. The number of hydrogen-bond donors (Lipinski definition) is 0. The van der Waals surface area contributed by atoms with E-state index in [1.54, 1.807) is 6.20 Å². The highest BCUT2D eigenvalue weighted by molar-refractivity contribution is 4.76. The van der Waals surface area contributed by atoms with Gasteiger partial charge in [0.15, 0.2) is 6.67 Å². The summed E-state index contributed by atoms with van der Waals surface area (Å²) in [7, 11) is 0. The van der Waals surface area contributed by atoms with E-state index in [1.807, 2.05) is 16.9 Å². The highest BCUT2D eigenvalue weighted by Crippen LogP contribution is 1.93. The van der Waals surface area contributed by atoms with Crippen LogP contribution in [0.1, 0.15) is 19.8 Å². The summed E-state index contributed by atoms with van der Waals surface area (Å²) in [6.45, 7) is 4.09. The molecule has 4 nitrogen and oxygen atoms in total. The molecule has 0 saturated heterocycles. The highest BCUT2D eigenvalue weighted by atomic mass is 35.5. The molecular weight excluding hydrogens is 224 g/mol. The quantitative estimate of drug-likeness (QED) is 0.572. The van der Waals surface area contributed by atoms with Gasteiger partial charge in [-0.1, -0.05) is 13.3 Å². The van der Waals surface area contributed by atoms with Gasteiger partial charge in [0.1, 0.15) is 12.4 Å². The Hall–Kier alpha value is -1.29. The minimum atomic E-state index is 0. The number of hydrogen-bond acceptors (Lipinski definition) is 1. The monoisotopic (exact) mass is 240 g/mol. The molecule has 2 heterocycles. The van der Waals surface area contributed by atoms with Crippen molar-refractivity contribution < 1.29 is 17.0 Å². The number of halogens is 1. The van der Waals surface area contributed by atoms with Crippen LogP contribution < -0.4 is 17.0 Å². The van der Waals surface area contributed by atoms with E-state index >= 15 is 0 Å². The minimum absolute atomic E-state index is 0. The fraction of sp³-hybridized carbons (Fsp3) is 0.455. The molecule has 0 saturated carbocycles. The van der Waals surface area contributed by atoms with E-state index in [-0.39, 0.29) is 12.4 Å². The van der Waals surface area contributed by atoms with Crippen LogP contribution in [-0.4, -0.2) is 14.3 Å². The number of aromatic nitrogens is 4. The Balaban J connectivity index is 0.00000128. The number of nitrogens with zero attached hydrogens (tertiary/aromatic N) is 4. The predicted molar refractivity (Wildman–Crippen MR) is 57.2 cm³/mol. The first-order chi connectivity index (χ1) is 7.38. The first kappa shape index (κ1) is 12.8. The van der Waals surface area contributed by atoms with Crippen LogP contribution in [0.25, 0.3) is 0 Å². The van der Waals surface area contributed by atoms with Gasteiger partial charge in [-0.25, -0.2) is 13.8 Å². The molecule has 0 aliphatic heterocycles. The lowest BCUT2D eigenvalue weighted by Crippen LogP contribution is -3.00. The Labute approximate surface area is 102 Å². The van der Waals surface area contributed by atoms with Crippen LogP contribution in [0.15, 0.2) is 37.2 Å². The van der Waals surface area contributed by atoms with Gasteiger partial charge in [0.2, 0.25) is 6.33 Å². The van der Waals surface area contributed by atoms with Crippen molar-refractivity contribution in [1.82, 2.24) is 14.3 Å². The molecule has 0 aliphatic rings. The zero-order valence-corrected chi connectivity index (χ0v) is 10.2. The molecule has 0 atom stereocenters. The SMILES string of the molecule is CCCCn1cc[n+](Cn2cccn2)c1.[Cl-]. The van der Waals surface area contributed by atoms with Crippen molar-refractivity contribution in [3.05, 3.63) is 37.2 Å². The molecule has 2 aromatic heterocycles. The smallest absolute Gasteiger partial charge is 0.245 e. The zero-order chi connectivity index (χ0) is 10.5. The summed E-state index contributed by atoms with van der Waals surface area (Å²) in [4.78, 5) is 0. The largest absolute Gasteiger partial charge is 1.00 e. The third-order valence-corrected chi connectivity index (χ3v) is 2.38. The average molecular weight is 241 g/mol. The first-order valence-corrected chi connectivity index (χ1v) is 5.40. The second-order valence-corrected chi connectivity index (χ2v) is 3.71. The maximum Gasteiger partial charge on any atom is 0.245 e. The van der Waals surface area contributed by atoms with Gasteiger partial charge < -0.3 is 12.4 Å². The van der Waals surface area contributed by atoms with E-state index in [0.717, 1.165) is 13.2 Å². The highest BCUT2D eigenvalue weighted by Gasteiger charge is 2.03. The lowest BCUT2D eigenvalue weighted by molar-refractivity contribution is -0.702. The number of unbranched alkanes of at least 4 members (excludes halogenated alkanes) is 1. The maximum atomic E-state index is 4.17. The summed E-state index contributed by atoms with van der Waals surface area (Å²) >= 11 is 0. The van der Waals surface area contributed by atoms with Gasteiger partial charge in [-0.15, -0.1) is 0 Å². The molecule has 5 heteroatoms. The molecule has 0 amide bonds. The summed E-state index contributed by atoms with van der Waals surface area (Å²) < 4.78 is 6.25. The van der Waals surface area contributed by atoms with Crippen LogP contribution in [-0.2, 0) is 13.2 Å². The Morgan fingerprint density at radius 3 is 2.88 bits per heavy atom. The molecule has 0 spiro atoms. The number of aryl methyl sites for hydroxylation is 1. The van der Waals surface area contributed by atoms with Gasteiger partial charge in [0, 0.05) is 12.4 Å². The van der Waals surface area contributed by atoms with Crippen molar-refractivity contribution in [2.24, 2.45) is 0 Å².